The van der Waals surface area contributed by atoms with Crippen LogP contribution in [0, 0.1) is 10.1 Å². The third-order valence-corrected chi connectivity index (χ3v) is 2.55. The van der Waals surface area contributed by atoms with Gasteiger partial charge in [0.25, 0.3) is 5.69 Å². The van der Waals surface area contributed by atoms with Crippen LogP contribution >= 0.6 is 23.2 Å². The summed E-state index contributed by atoms with van der Waals surface area (Å²) in [4.78, 5) is 14.0. The first kappa shape index (κ1) is 12.6. The van der Waals surface area contributed by atoms with Crippen LogP contribution in [0.25, 0.3) is 0 Å². The predicted molar refractivity (Wildman–Crippen MR) is 67.4 cm³/mol. The summed E-state index contributed by atoms with van der Waals surface area (Å²) in [6.45, 7) is 0. The Morgan fingerprint density at radius 2 is 2.00 bits per heavy atom. The van der Waals surface area contributed by atoms with Crippen LogP contribution in [0.15, 0.2) is 36.4 Å². The van der Waals surface area contributed by atoms with E-state index in [4.69, 9.17) is 27.9 Å². The summed E-state index contributed by atoms with van der Waals surface area (Å²) in [5, 5.41) is 11.2. The van der Waals surface area contributed by atoms with Crippen molar-refractivity contribution in [2.24, 2.45) is 0 Å². The lowest BCUT2D eigenvalue weighted by molar-refractivity contribution is -0.384. The highest BCUT2D eigenvalue weighted by Gasteiger charge is 2.12. The third kappa shape index (κ3) is 2.88. The third-order valence-electron chi connectivity index (χ3n) is 2.03. The molecule has 18 heavy (non-hydrogen) atoms. The standard InChI is InChI=1S/C11H6Cl2N2O3/c12-8-5-4-7(15(16)17)6-9(8)18-11-3-1-2-10(13)14-11/h1-6H. The van der Waals surface area contributed by atoms with Gasteiger partial charge >= 0.3 is 0 Å². The Kier molecular flexibility index (Phi) is 3.64. The van der Waals surface area contributed by atoms with Gasteiger partial charge in [0.15, 0.2) is 5.75 Å². The van der Waals surface area contributed by atoms with Crippen LogP contribution in [-0.4, -0.2) is 9.91 Å². The zero-order chi connectivity index (χ0) is 13.1. The SMILES string of the molecule is O=[N+]([O-])c1ccc(Cl)c(Oc2cccc(Cl)n2)c1. The molecule has 5 nitrogen and oxygen atoms in total. The summed E-state index contributed by atoms with van der Waals surface area (Å²) in [6, 6.07) is 8.71. The molecule has 2 aromatic rings. The highest BCUT2D eigenvalue weighted by Crippen LogP contribution is 2.32. The molecule has 0 aliphatic heterocycles. The van der Waals surface area contributed by atoms with Crippen molar-refractivity contribution in [2.75, 3.05) is 0 Å². The van der Waals surface area contributed by atoms with Crippen LogP contribution in [-0.2, 0) is 0 Å². The minimum Gasteiger partial charge on any atom is -0.437 e. The molecule has 0 saturated carbocycles. The Bertz CT molecular complexity index is 605. The molecule has 1 heterocycles. The van der Waals surface area contributed by atoms with Gasteiger partial charge in [0.2, 0.25) is 5.88 Å². The van der Waals surface area contributed by atoms with E-state index in [0.717, 1.165) is 0 Å². The van der Waals surface area contributed by atoms with Gasteiger partial charge in [-0.25, -0.2) is 4.98 Å². The molecule has 0 atom stereocenters. The van der Waals surface area contributed by atoms with Crippen molar-refractivity contribution >= 4 is 28.9 Å². The first-order chi connectivity index (χ1) is 8.56. The van der Waals surface area contributed by atoms with Gasteiger partial charge < -0.3 is 4.74 Å². The fourth-order valence-electron chi connectivity index (χ4n) is 1.24. The topological polar surface area (TPSA) is 65.3 Å². The van der Waals surface area contributed by atoms with E-state index in [9.17, 15) is 10.1 Å². The average Bonchev–Trinajstić information content (AvgIpc) is 2.31. The Morgan fingerprint density at radius 1 is 1.22 bits per heavy atom. The van der Waals surface area contributed by atoms with E-state index >= 15 is 0 Å². The number of nitro benzene ring substituents is 1. The number of pyridine rings is 1. The predicted octanol–water partition coefficient (Wildman–Crippen LogP) is 4.09. The molecule has 7 heteroatoms. The molecular weight excluding hydrogens is 279 g/mol. The van der Waals surface area contributed by atoms with Crippen LogP contribution in [0.1, 0.15) is 0 Å². The van der Waals surface area contributed by atoms with Gasteiger partial charge in [0.1, 0.15) is 5.15 Å². The zero-order valence-corrected chi connectivity index (χ0v) is 10.4. The second-order valence-electron chi connectivity index (χ2n) is 3.27. The van der Waals surface area contributed by atoms with Gasteiger partial charge in [-0.3, -0.25) is 10.1 Å². The van der Waals surface area contributed by atoms with Gasteiger partial charge in [-0.2, -0.15) is 0 Å². The molecule has 0 aliphatic carbocycles. The maximum Gasteiger partial charge on any atom is 0.273 e. The Morgan fingerprint density at radius 3 is 2.67 bits per heavy atom. The van der Waals surface area contributed by atoms with Crippen molar-refractivity contribution in [2.45, 2.75) is 0 Å². The summed E-state index contributed by atoms with van der Waals surface area (Å²) in [6.07, 6.45) is 0. The van der Waals surface area contributed by atoms with Crippen molar-refractivity contribution in [1.29, 1.82) is 0 Å². The molecule has 0 fully saturated rings. The number of non-ortho nitro benzene ring substituents is 1. The van der Waals surface area contributed by atoms with Crippen LogP contribution in [0.2, 0.25) is 10.2 Å². The number of aromatic nitrogens is 1. The maximum absolute atomic E-state index is 10.6. The summed E-state index contributed by atoms with van der Waals surface area (Å²) >= 11 is 11.6. The summed E-state index contributed by atoms with van der Waals surface area (Å²) < 4.78 is 5.35. The first-order valence-corrected chi connectivity index (χ1v) is 5.56. The van der Waals surface area contributed by atoms with E-state index < -0.39 is 4.92 Å². The molecule has 0 bridgehead atoms. The quantitative estimate of drug-likeness (QED) is 0.484. The average molecular weight is 285 g/mol. The van der Waals surface area contributed by atoms with Gasteiger partial charge in [-0.05, 0) is 12.1 Å². The fourth-order valence-corrected chi connectivity index (χ4v) is 1.56. The fraction of sp³-hybridized carbons (Fsp3) is 0. The van der Waals surface area contributed by atoms with Gasteiger partial charge in [-0.1, -0.05) is 29.3 Å². The van der Waals surface area contributed by atoms with E-state index in [0.29, 0.717) is 0 Å². The molecule has 0 amide bonds. The van der Waals surface area contributed by atoms with Crippen molar-refractivity contribution < 1.29 is 9.66 Å². The number of ether oxygens (including phenoxy) is 1. The smallest absolute Gasteiger partial charge is 0.273 e. The second-order valence-corrected chi connectivity index (χ2v) is 4.07. The molecule has 0 radical (unpaired) electrons. The van der Waals surface area contributed by atoms with E-state index in [1.807, 2.05) is 0 Å². The summed E-state index contributed by atoms with van der Waals surface area (Å²) in [5.74, 6) is 0.366. The first-order valence-electron chi connectivity index (χ1n) is 4.80. The number of halogens is 2. The second kappa shape index (κ2) is 5.20. The van der Waals surface area contributed by atoms with Crippen LogP contribution in [0.3, 0.4) is 0 Å². The van der Waals surface area contributed by atoms with Crippen LogP contribution < -0.4 is 4.74 Å². The molecule has 1 aromatic heterocycles. The van der Waals surface area contributed by atoms with Gasteiger partial charge in [0.05, 0.1) is 16.0 Å². The van der Waals surface area contributed by atoms with E-state index in [-0.39, 0.29) is 27.5 Å². The number of benzene rings is 1. The minimum absolute atomic E-state index is 0.114. The van der Waals surface area contributed by atoms with Crippen molar-refractivity contribution in [3.8, 4) is 11.6 Å². The number of hydrogen-bond donors (Lipinski definition) is 0. The monoisotopic (exact) mass is 284 g/mol. The number of nitrogens with zero attached hydrogens (tertiary/aromatic N) is 2. The van der Waals surface area contributed by atoms with E-state index in [1.165, 1.54) is 18.2 Å². The Labute approximate surface area is 112 Å². The molecule has 0 aliphatic rings. The molecular formula is C11H6Cl2N2O3. The largest absolute Gasteiger partial charge is 0.437 e. The Hall–Kier alpha value is -1.85. The molecule has 0 N–H and O–H groups in total. The lowest BCUT2D eigenvalue weighted by Gasteiger charge is -2.06. The maximum atomic E-state index is 10.6. The van der Waals surface area contributed by atoms with Gasteiger partial charge in [0, 0.05) is 12.1 Å². The molecule has 0 saturated heterocycles. The number of rotatable bonds is 3. The normalized spacial score (nSPS) is 10.1. The van der Waals surface area contributed by atoms with Crippen molar-refractivity contribution in [3.05, 3.63) is 56.7 Å². The molecule has 0 spiro atoms. The van der Waals surface area contributed by atoms with Gasteiger partial charge in [-0.15, -0.1) is 0 Å². The lowest BCUT2D eigenvalue weighted by atomic mass is 10.3. The van der Waals surface area contributed by atoms with Crippen LogP contribution in [0.5, 0.6) is 11.6 Å². The summed E-state index contributed by atoms with van der Waals surface area (Å²) in [5.41, 5.74) is -0.114. The molecule has 92 valence electrons. The van der Waals surface area contributed by atoms with Crippen molar-refractivity contribution in [3.63, 3.8) is 0 Å². The highest BCUT2D eigenvalue weighted by molar-refractivity contribution is 6.32. The van der Waals surface area contributed by atoms with Crippen molar-refractivity contribution in [1.82, 2.24) is 4.98 Å². The Balaban J connectivity index is 2.33. The number of nitro groups is 1. The van der Waals surface area contributed by atoms with E-state index in [2.05, 4.69) is 4.98 Å². The highest BCUT2D eigenvalue weighted by atomic mass is 35.5. The minimum atomic E-state index is -0.533. The van der Waals surface area contributed by atoms with E-state index in [1.54, 1.807) is 18.2 Å². The molecule has 1 aromatic carbocycles. The molecule has 0 unspecified atom stereocenters. The zero-order valence-electron chi connectivity index (χ0n) is 8.84. The number of hydrogen-bond acceptors (Lipinski definition) is 4. The summed E-state index contributed by atoms with van der Waals surface area (Å²) in [7, 11) is 0. The van der Waals surface area contributed by atoms with Crippen LogP contribution in [0.4, 0.5) is 5.69 Å². The molecule has 2 rings (SSSR count). The lowest BCUT2D eigenvalue weighted by Crippen LogP contribution is -1.92.